The lowest BCUT2D eigenvalue weighted by Crippen LogP contribution is -2.20. The van der Waals surface area contributed by atoms with E-state index in [-0.39, 0.29) is 5.91 Å². The van der Waals surface area contributed by atoms with E-state index < -0.39 is 0 Å². The van der Waals surface area contributed by atoms with Crippen molar-refractivity contribution in [3.63, 3.8) is 0 Å². The van der Waals surface area contributed by atoms with Crippen LogP contribution in [0.4, 0.5) is 0 Å². The number of nitrogens with one attached hydrogen (secondary N) is 1. The predicted molar refractivity (Wildman–Crippen MR) is 63.1 cm³/mol. The predicted octanol–water partition coefficient (Wildman–Crippen LogP) is 1.77. The van der Waals surface area contributed by atoms with Crippen LogP contribution in [-0.2, 0) is 4.79 Å². The van der Waals surface area contributed by atoms with Crippen molar-refractivity contribution in [1.82, 2.24) is 5.32 Å². The smallest absolute Gasteiger partial charge is 0.236 e. The van der Waals surface area contributed by atoms with Crippen molar-refractivity contribution >= 4 is 28.5 Å². The Morgan fingerprint density at radius 1 is 1.40 bits per heavy atom. The van der Waals surface area contributed by atoms with Crippen LogP contribution < -0.4 is 5.32 Å². The second-order valence-corrected chi connectivity index (χ2v) is 4.94. The summed E-state index contributed by atoms with van der Waals surface area (Å²) in [4.78, 5) is 10.9. The molecule has 2 fully saturated rings. The summed E-state index contributed by atoms with van der Waals surface area (Å²) in [6.45, 7) is 2.19. The molecule has 1 unspecified atom stereocenters. The van der Waals surface area contributed by atoms with E-state index in [9.17, 15) is 4.79 Å². The molecule has 4 nitrogen and oxygen atoms in total. The Kier molecular flexibility index (Phi) is 3.41. The first-order valence-electron chi connectivity index (χ1n) is 5.33. The maximum Gasteiger partial charge on any atom is 0.236 e. The molecule has 0 radical (unpaired) electrons. The molecule has 2 rings (SSSR count). The molecule has 1 atom stereocenters. The summed E-state index contributed by atoms with van der Waals surface area (Å²) >= 11 is 1.42. The Hall–Kier alpha value is -0.840. The van der Waals surface area contributed by atoms with Gasteiger partial charge < -0.3 is 5.32 Å². The molecule has 1 saturated heterocycles. The van der Waals surface area contributed by atoms with Gasteiger partial charge in [0, 0.05) is 5.71 Å². The second-order valence-electron chi connectivity index (χ2n) is 3.98. The summed E-state index contributed by atoms with van der Waals surface area (Å²) in [6.07, 6.45) is 4.77. The average Bonchev–Trinajstić information content (AvgIpc) is 2.63. The monoisotopic (exact) mass is 225 g/mol. The van der Waals surface area contributed by atoms with E-state index in [1.165, 1.54) is 36.7 Å². The van der Waals surface area contributed by atoms with Crippen LogP contribution in [0.25, 0.3) is 0 Å². The number of amidine groups is 1. The number of thioether (sulfide) groups is 1. The van der Waals surface area contributed by atoms with E-state index in [2.05, 4.69) is 22.4 Å². The highest BCUT2D eigenvalue weighted by Crippen LogP contribution is 2.21. The zero-order valence-corrected chi connectivity index (χ0v) is 9.64. The number of nitrogens with zero attached hydrogens (tertiary/aromatic N) is 2. The molecule has 1 aliphatic carbocycles. The maximum absolute atomic E-state index is 10.9. The van der Waals surface area contributed by atoms with Crippen molar-refractivity contribution in [2.75, 3.05) is 5.75 Å². The molecular formula is C10H15N3OS. The van der Waals surface area contributed by atoms with Crippen molar-refractivity contribution < 1.29 is 4.79 Å². The Morgan fingerprint density at radius 3 is 2.93 bits per heavy atom. The van der Waals surface area contributed by atoms with Gasteiger partial charge in [-0.05, 0) is 25.2 Å². The van der Waals surface area contributed by atoms with Crippen LogP contribution in [0.2, 0.25) is 0 Å². The van der Waals surface area contributed by atoms with Gasteiger partial charge in [-0.15, -0.1) is 5.10 Å². The van der Waals surface area contributed by atoms with E-state index >= 15 is 0 Å². The maximum atomic E-state index is 10.9. The van der Waals surface area contributed by atoms with Crippen LogP contribution in [-0.4, -0.2) is 22.5 Å². The summed E-state index contributed by atoms with van der Waals surface area (Å²) in [7, 11) is 0. The van der Waals surface area contributed by atoms with Gasteiger partial charge in [0.05, 0.1) is 5.75 Å². The second kappa shape index (κ2) is 4.79. The van der Waals surface area contributed by atoms with E-state index in [0.717, 1.165) is 6.42 Å². The molecule has 5 heteroatoms. The molecule has 0 aromatic carbocycles. The SMILES string of the molecule is CC1CCCC/C1=N/N=C1\NC(=O)CS1. The first kappa shape index (κ1) is 10.7. The minimum atomic E-state index is 0.0237. The molecule has 2 aliphatic rings. The number of amides is 1. The molecule has 0 aromatic rings. The van der Waals surface area contributed by atoms with Crippen molar-refractivity contribution in [2.45, 2.75) is 32.6 Å². The summed E-state index contributed by atoms with van der Waals surface area (Å²) in [5.41, 5.74) is 1.18. The lowest BCUT2D eigenvalue weighted by Gasteiger charge is -2.18. The van der Waals surface area contributed by atoms with Gasteiger partial charge in [-0.1, -0.05) is 25.1 Å². The van der Waals surface area contributed by atoms with Gasteiger partial charge in [0.2, 0.25) is 5.91 Å². The van der Waals surface area contributed by atoms with E-state index in [4.69, 9.17) is 0 Å². The average molecular weight is 225 g/mol. The number of carbonyl (C=O) groups is 1. The lowest BCUT2D eigenvalue weighted by atomic mass is 9.89. The van der Waals surface area contributed by atoms with E-state index in [1.807, 2.05) is 0 Å². The molecule has 1 N–H and O–H groups in total. The molecule has 0 bridgehead atoms. The van der Waals surface area contributed by atoms with Crippen LogP contribution in [0.5, 0.6) is 0 Å². The Labute approximate surface area is 93.6 Å². The normalized spacial score (nSPS) is 32.3. The van der Waals surface area contributed by atoms with Gasteiger partial charge in [0.1, 0.15) is 0 Å². The third-order valence-corrected chi connectivity index (χ3v) is 3.61. The minimum Gasteiger partial charge on any atom is -0.303 e. The Morgan fingerprint density at radius 2 is 2.27 bits per heavy atom. The van der Waals surface area contributed by atoms with Crippen molar-refractivity contribution in [3.8, 4) is 0 Å². The van der Waals surface area contributed by atoms with Crippen LogP contribution in [0.3, 0.4) is 0 Å². The molecule has 82 valence electrons. The third-order valence-electron chi connectivity index (χ3n) is 2.74. The van der Waals surface area contributed by atoms with Crippen LogP contribution in [0.1, 0.15) is 32.6 Å². The van der Waals surface area contributed by atoms with Crippen molar-refractivity contribution in [2.24, 2.45) is 16.1 Å². The van der Waals surface area contributed by atoms with Gasteiger partial charge in [0.25, 0.3) is 0 Å². The molecule has 1 aliphatic heterocycles. The zero-order valence-electron chi connectivity index (χ0n) is 8.82. The summed E-state index contributed by atoms with van der Waals surface area (Å²) in [6, 6.07) is 0. The molecule has 15 heavy (non-hydrogen) atoms. The number of hydrogen-bond donors (Lipinski definition) is 1. The summed E-state index contributed by atoms with van der Waals surface area (Å²) < 4.78 is 0. The minimum absolute atomic E-state index is 0.0237. The van der Waals surface area contributed by atoms with Gasteiger partial charge in [-0.2, -0.15) is 5.10 Å². The van der Waals surface area contributed by atoms with Crippen LogP contribution in [0, 0.1) is 5.92 Å². The highest BCUT2D eigenvalue weighted by Gasteiger charge is 2.18. The quantitative estimate of drug-likeness (QED) is 0.691. The molecule has 0 spiro atoms. The van der Waals surface area contributed by atoms with E-state index in [0.29, 0.717) is 16.8 Å². The molecule has 1 heterocycles. The fourth-order valence-corrected chi connectivity index (χ4v) is 2.43. The lowest BCUT2D eigenvalue weighted by molar-refractivity contribution is -0.116. The molecule has 1 saturated carbocycles. The Bertz CT molecular complexity index is 325. The molecule has 1 amide bonds. The van der Waals surface area contributed by atoms with Gasteiger partial charge >= 0.3 is 0 Å². The fourth-order valence-electron chi connectivity index (χ4n) is 1.81. The van der Waals surface area contributed by atoms with Crippen LogP contribution >= 0.6 is 11.8 Å². The van der Waals surface area contributed by atoms with Crippen LogP contribution in [0.15, 0.2) is 10.2 Å². The van der Waals surface area contributed by atoms with Crippen molar-refractivity contribution in [3.05, 3.63) is 0 Å². The third kappa shape index (κ3) is 2.81. The topological polar surface area (TPSA) is 53.8 Å². The largest absolute Gasteiger partial charge is 0.303 e. The summed E-state index contributed by atoms with van der Waals surface area (Å²) in [5, 5.41) is 11.7. The highest BCUT2D eigenvalue weighted by molar-refractivity contribution is 8.15. The molecule has 0 aromatic heterocycles. The molecular weight excluding hydrogens is 210 g/mol. The Balaban J connectivity index is 2.00. The number of carbonyl (C=O) groups excluding carboxylic acids is 1. The number of rotatable bonds is 1. The first-order chi connectivity index (χ1) is 7.25. The van der Waals surface area contributed by atoms with Gasteiger partial charge in [-0.3, -0.25) is 4.79 Å². The van der Waals surface area contributed by atoms with E-state index in [1.54, 1.807) is 0 Å². The highest BCUT2D eigenvalue weighted by atomic mass is 32.2. The summed E-state index contributed by atoms with van der Waals surface area (Å²) in [5.74, 6) is 1.04. The standard InChI is InChI=1S/C10H15N3OS/c1-7-4-2-3-5-8(7)12-13-10-11-9(14)6-15-10/h7H,2-6H2,1H3,(H,11,13,14)/b12-8-. The van der Waals surface area contributed by atoms with Crippen molar-refractivity contribution in [1.29, 1.82) is 0 Å². The zero-order chi connectivity index (χ0) is 10.7. The van der Waals surface area contributed by atoms with Gasteiger partial charge in [-0.25, -0.2) is 0 Å². The fraction of sp³-hybridized carbons (Fsp3) is 0.700. The first-order valence-corrected chi connectivity index (χ1v) is 6.31. The number of hydrogen-bond acceptors (Lipinski definition) is 4. The van der Waals surface area contributed by atoms with Gasteiger partial charge in [0.15, 0.2) is 5.17 Å².